The first kappa shape index (κ1) is 41.1. The van der Waals surface area contributed by atoms with Gasteiger partial charge in [-0.3, -0.25) is 9.79 Å². The third-order valence-electron chi connectivity index (χ3n) is 12.0. The van der Waals surface area contributed by atoms with E-state index in [4.69, 9.17) is 10.7 Å². The number of nitrogens with one attached hydrogen (secondary N) is 2. The molecule has 2 aliphatic rings. The fourth-order valence-electron chi connectivity index (χ4n) is 8.27. The zero-order valence-corrected chi connectivity index (χ0v) is 33.8. The fraction of sp³-hybridized carbons (Fsp3) is 0.367. The van der Waals surface area contributed by atoms with Gasteiger partial charge in [-0.2, -0.15) is 0 Å². The van der Waals surface area contributed by atoms with E-state index in [9.17, 15) is 19.1 Å². The van der Waals surface area contributed by atoms with Crippen LogP contribution < -0.4 is 16.4 Å². The highest BCUT2D eigenvalue weighted by Crippen LogP contribution is 2.38. The minimum Gasteiger partial charge on any atom is -0.478 e. The van der Waals surface area contributed by atoms with Gasteiger partial charge in [0.15, 0.2) is 0 Å². The van der Waals surface area contributed by atoms with E-state index in [1.807, 2.05) is 25.3 Å². The second kappa shape index (κ2) is 19.1. The summed E-state index contributed by atoms with van der Waals surface area (Å²) in [5, 5.41) is 15.7. The van der Waals surface area contributed by atoms with Gasteiger partial charge >= 0.3 is 5.97 Å². The SMILES string of the molecule is CCN/C=C(\N)C(Cc1ccc(C(=O)O)c(F)c1)c1cccc(CCc2cccc(C(Cc3ccc(NC(=O)C4CCC4)cc3)C3=C(C)CCCC=N3)c2C)c1C. The van der Waals surface area contributed by atoms with Crippen LogP contribution in [0.2, 0.25) is 0 Å². The molecule has 7 nitrogen and oxygen atoms in total. The molecule has 1 saturated carbocycles. The first-order valence-corrected chi connectivity index (χ1v) is 20.5. The maximum Gasteiger partial charge on any atom is 0.338 e. The van der Waals surface area contributed by atoms with Gasteiger partial charge in [0.05, 0.1) is 5.56 Å². The van der Waals surface area contributed by atoms with Gasteiger partial charge in [0.25, 0.3) is 0 Å². The molecule has 8 heteroatoms. The smallest absolute Gasteiger partial charge is 0.338 e. The summed E-state index contributed by atoms with van der Waals surface area (Å²) in [5.74, 6) is -1.93. The Morgan fingerprint density at radius 1 is 0.895 bits per heavy atom. The molecule has 2 unspecified atom stereocenters. The maximum absolute atomic E-state index is 14.8. The van der Waals surface area contributed by atoms with Gasteiger partial charge in [0, 0.05) is 53.8 Å². The molecular formula is C49H57FN4O3. The van der Waals surface area contributed by atoms with E-state index < -0.39 is 11.8 Å². The minimum atomic E-state index is -1.29. The van der Waals surface area contributed by atoms with Gasteiger partial charge in [0.1, 0.15) is 5.82 Å². The number of rotatable bonds is 16. The van der Waals surface area contributed by atoms with Crippen molar-refractivity contribution >= 4 is 23.8 Å². The number of hydrogen-bond donors (Lipinski definition) is 4. The quantitative estimate of drug-likeness (QED) is 0.0906. The van der Waals surface area contributed by atoms with Crippen LogP contribution in [0.1, 0.15) is 119 Å². The Morgan fingerprint density at radius 2 is 1.56 bits per heavy atom. The predicted molar refractivity (Wildman–Crippen MR) is 229 cm³/mol. The second-order valence-corrected chi connectivity index (χ2v) is 15.8. The van der Waals surface area contributed by atoms with Crippen molar-refractivity contribution < 1.29 is 19.1 Å². The van der Waals surface area contributed by atoms with E-state index in [2.05, 4.69) is 86.2 Å². The molecule has 1 aliphatic heterocycles. The molecule has 4 aromatic carbocycles. The van der Waals surface area contributed by atoms with Gasteiger partial charge in [-0.25, -0.2) is 9.18 Å². The van der Waals surface area contributed by atoms with Crippen molar-refractivity contribution in [1.82, 2.24) is 5.32 Å². The summed E-state index contributed by atoms with van der Waals surface area (Å²) in [6.45, 7) is 9.32. The number of hydrogen-bond acceptors (Lipinski definition) is 5. The lowest BCUT2D eigenvalue weighted by Crippen LogP contribution is -2.27. The fourth-order valence-corrected chi connectivity index (χ4v) is 8.27. The molecule has 1 amide bonds. The summed E-state index contributed by atoms with van der Waals surface area (Å²) in [6.07, 6.45) is 13.0. The number of amides is 1. The third kappa shape index (κ3) is 10.1. The number of carboxylic acids is 1. The first-order chi connectivity index (χ1) is 27.5. The maximum atomic E-state index is 14.8. The summed E-state index contributed by atoms with van der Waals surface area (Å²) in [6, 6.07) is 25.7. The van der Waals surface area contributed by atoms with Crippen molar-refractivity contribution in [3.63, 3.8) is 0 Å². The molecule has 4 aromatic rings. The predicted octanol–water partition coefficient (Wildman–Crippen LogP) is 10.3. The number of aliphatic imine (C=N–C) groups is 1. The number of aromatic carboxylic acids is 1. The molecule has 0 saturated heterocycles. The molecule has 1 fully saturated rings. The normalized spacial score (nSPS) is 15.8. The summed E-state index contributed by atoms with van der Waals surface area (Å²) in [5.41, 5.74) is 19.5. The van der Waals surface area contributed by atoms with Gasteiger partial charge in [0.2, 0.25) is 5.91 Å². The van der Waals surface area contributed by atoms with Crippen LogP contribution in [0.15, 0.2) is 107 Å². The molecule has 298 valence electrons. The lowest BCUT2D eigenvalue weighted by Gasteiger charge is -2.25. The van der Waals surface area contributed by atoms with Crippen LogP contribution in [0.4, 0.5) is 10.1 Å². The van der Waals surface area contributed by atoms with Crippen LogP contribution >= 0.6 is 0 Å². The Labute approximate surface area is 337 Å². The molecule has 1 heterocycles. The Kier molecular flexibility index (Phi) is 13.8. The Hall–Kier alpha value is -5.50. The lowest BCUT2D eigenvalue weighted by molar-refractivity contribution is -0.122. The molecule has 0 bridgehead atoms. The summed E-state index contributed by atoms with van der Waals surface area (Å²) >= 11 is 0. The van der Waals surface area contributed by atoms with Crippen LogP contribution in [-0.2, 0) is 30.5 Å². The van der Waals surface area contributed by atoms with Gasteiger partial charge in [-0.1, -0.05) is 66.6 Å². The Balaban J connectivity index is 1.26. The van der Waals surface area contributed by atoms with Crippen LogP contribution in [0.25, 0.3) is 0 Å². The monoisotopic (exact) mass is 768 g/mol. The zero-order chi connectivity index (χ0) is 40.5. The lowest BCUT2D eigenvalue weighted by atomic mass is 9.82. The molecule has 0 spiro atoms. The zero-order valence-electron chi connectivity index (χ0n) is 33.8. The van der Waals surface area contributed by atoms with Gasteiger partial charge in [-0.05, 0) is 154 Å². The van der Waals surface area contributed by atoms with Crippen molar-refractivity contribution in [2.75, 3.05) is 11.9 Å². The van der Waals surface area contributed by atoms with E-state index in [0.29, 0.717) is 24.2 Å². The van der Waals surface area contributed by atoms with Crippen molar-refractivity contribution in [1.29, 1.82) is 0 Å². The molecule has 0 radical (unpaired) electrons. The molecule has 57 heavy (non-hydrogen) atoms. The Morgan fingerprint density at radius 3 is 2.19 bits per heavy atom. The van der Waals surface area contributed by atoms with Crippen molar-refractivity contribution in [2.24, 2.45) is 16.6 Å². The first-order valence-electron chi connectivity index (χ1n) is 20.5. The van der Waals surface area contributed by atoms with Crippen LogP contribution in [0.5, 0.6) is 0 Å². The molecule has 6 rings (SSSR count). The minimum absolute atomic E-state index is 0.0847. The summed E-state index contributed by atoms with van der Waals surface area (Å²) < 4.78 is 14.8. The van der Waals surface area contributed by atoms with Crippen molar-refractivity contribution in [3.8, 4) is 0 Å². The number of nitrogens with two attached hydrogens (primary N) is 1. The standard InChI is InChI=1S/C49H57FN4O3/c1-5-52-30-46(51)43(28-35-20-25-42(49(56)57)45(50)29-35)40-16-9-12-36(32(40)3)21-22-37-13-10-17-41(33(37)4)44(47-31(2)11-6-7-26-53-47)27-34-18-23-39(24-19-34)54-48(55)38-14-8-15-38/h9-10,12-13,16-20,23-26,29-30,38,43-44,52H,5-8,11,14-15,21-22,27-28,51H2,1-4H3,(H,54,55)(H,56,57)/b46-30-. The van der Waals surface area contributed by atoms with Crippen LogP contribution in [0.3, 0.4) is 0 Å². The highest BCUT2D eigenvalue weighted by molar-refractivity contribution is 5.93. The molecule has 0 aromatic heterocycles. The van der Waals surface area contributed by atoms with E-state index in [0.717, 1.165) is 80.3 Å². The van der Waals surface area contributed by atoms with Gasteiger partial charge in [-0.15, -0.1) is 0 Å². The summed E-state index contributed by atoms with van der Waals surface area (Å²) in [4.78, 5) is 29.1. The number of carbonyl (C=O) groups excluding carboxylic acids is 1. The molecule has 5 N–H and O–H groups in total. The second-order valence-electron chi connectivity index (χ2n) is 15.8. The van der Waals surface area contributed by atoms with E-state index >= 15 is 0 Å². The number of allylic oxidation sites excluding steroid dienone is 3. The number of benzene rings is 4. The van der Waals surface area contributed by atoms with Crippen LogP contribution in [0, 0.1) is 25.6 Å². The number of nitrogens with zero attached hydrogens (tertiary/aromatic N) is 1. The largest absolute Gasteiger partial charge is 0.478 e. The van der Waals surface area contributed by atoms with Crippen molar-refractivity contribution in [3.05, 3.63) is 158 Å². The molecule has 1 aliphatic carbocycles. The third-order valence-corrected chi connectivity index (χ3v) is 12.0. The highest BCUT2D eigenvalue weighted by Gasteiger charge is 2.26. The molecular weight excluding hydrogens is 712 g/mol. The van der Waals surface area contributed by atoms with E-state index in [1.54, 1.807) is 6.07 Å². The van der Waals surface area contributed by atoms with E-state index in [1.165, 1.54) is 45.5 Å². The average Bonchev–Trinajstić information content (AvgIpc) is 3.39. The Bertz CT molecular complexity index is 2170. The number of anilines is 1. The van der Waals surface area contributed by atoms with E-state index in [-0.39, 0.29) is 29.2 Å². The van der Waals surface area contributed by atoms with Gasteiger partial charge < -0.3 is 21.5 Å². The highest BCUT2D eigenvalue weighted by atomic mass is 19.1. The number of carboxylic acid groups (broad SMARTS) is 1. The topological polar surface area (TPSA) is 117 Å². The average molecular weight is 769 g/mol. The number of carbonyl (C=O) groups is 2. The number of halogens is 1. The number of aryl methyl sites for hydroxylation is 2. The molecule has 2 atom stereocenters. The van der Waals surface area contributed by atoms with Crippen molar-refractivity contribution in [2.45, 2.75) is 104 Å². The van der Waals surface area contributed by atoms with Crippen LogP contribution in [-0.4, -0.2) is 29.7 Å². The summed E-state index contributed by atoms with van der Waals surface area (Å²) in [7, 11) is 0.